The summed E-state index contributed by atoms with van der Waals surface area (Å²) in [6.07, 6.45) is 3.45. The number of nitrogens with zero attached hydrogens (tertiary/aromatic N) is 1. The Morgan fingerprint density at radius 1 is 1.06 bits per heavy atom. The highest BCUT2D eigenvalue weighted by atomic mass is 32.2. The highest BCUT2D eigenvalue weighted by molar-refractivity contribution is 8.26. The quantitative estimate of drug-likeness (QED) is 0.224. The Labute approximate surface area is 210 Å². The van der Waals surface area contributed by atoms with Gasteiger partial charge < -0.3 is 14.2 Å². The van der Waals surface area contributed by atoms with Crippen molar-refractivity contribution in [2.75, 3.05) is 26.4 Å². The van der Waals surface area contributed by atoms with E-state index in [1.54, 1.807) is 6.08 Å². The number of rotatable bonds is 12. The summed E-state index contributed by atoms with van der Waals surface area (Å²) >= 11 is 6.58. The number of hydrogen-bond donors (Lipinski definition) is 0. The van der Waals surface area contributed by atoms with Crippen LogP contribution in [0.25, 0.3) is 6.08 Å². The summed E-state index contributed by atoms with van der Waals surface area (Å²) in [6, 6.07) is 15.7. The van der Waals surface area contributed by atoms with Crippen LogP contribution in [-0.2, 0) is 20.7 Å². The summed E-state index contributed by atoms with van der Waals surface area (Å²) in [5.74, 6) is 0.745. The molecule has 0 atom stereocenters. The fourth-order valence-electron chi connectivity index (χ4n) is 3.26. The molecule has 1 fully saturated rings. The zero-order chi connectivity index (χ0) is 24.3. The Hall–Kier alpha value is -2.84. The van der Waals surface area contributed by atoms with Crippen molar-refractivity contribution in [3.05, 3.63) is 64.6 Å². The van der Waals surface area contributed by atoms with Gasteiger partial charge >= 0.3 is 5.97 Å². The van der Waals surface area contributed by atoms with E-state index < -0.39 is 0 Å². The van der Waals surface area contributed by atoms with Crippen molar-refractivity contribution in [3.63, 3.8) is 0 Å². The second-order valence-corrected chi connectivity index (χ2v) is 9.20. The Kier molecular flexibility index (Phi) is 9.97. The number of thiocarbonyl (C=S) groups is 1. The van der Waals surface area contributed by atoms with Crippen LogP contribution in [0.4, 0.5) is 0 Å². The summed E-state index contributed by atoms with van der Waals surface area (Å²) < 4.78 is 17.3. The molecule has 1 aliphatic heterocycles. The summed E-state index contributed by atoms with van der Waals surface area (Å²) in [5.41, 5.74) is 2.01. The van der Waals surface area contributed by atoms with Crippen molar-refractivity contribution in [1.29, 1.82) is 0 Å². The van der Waals surface area contributed by atoms with Crippen LogP contribution >= 0.6 is 24.0 Å². The molecule has 0 aliphatic carbocycles. The van der Waals surface area contributed by atoms with Crippen molar-refractivity contribution in [3.8, 4) is 11.5 Å². The minimum absolute atomic E-state index is 0.114. The van der Waals surface area contributed by atoms with Gasteiger partial charge in [-0.25, -0.2) is 0 Å². The third kappa shape index (κ3) is 7.33. The van der Waals surface area contributed by atoms with Gasteiger partial charge in [0.15, 0.2) is 11.5 Å². The molecule has 0 spiro atoms. The van der Waals surface area contributed by atoms with Gasteiger partial charge in [-0.1, -0.05) is 67.3 Å². The van der Waals surface area contributed by atoms with E-state index in [0.717, 1.165) is 18.4 Å². The highest BCUT2D eigenvalue weighted by Gasteiger charge is 2.32. The van der Waals surface area contributed by atoms with E-state index in [9.17, 15) is 9.59 Å². The third-order valence-electron chi connectivity index (χ3n) is 4.94. The average molecular weight is 500 g/mol. The Balaban J connectivity index is 1.64. The fourth-order valence-corrected chi connectivity index (χ4v) is 4.57. The molecule has 180 valence electrons. The lowest BCUT2D eigenvalue weighted by Crippen LogP contribution is -2.30. The second-order valence-electron chi connectivity index (χ2n) is 7.53. The maximum atomic E-state index is 12.8. The van der Waals surface area contributed by atoms with Crippen LogP contribution in [0.5, 0.6) is 11.5 Å². The number of esters is 1. The molecule has 1 heterocycles. The molecule has 0 N–H and O–H groups in total. The maximum absolute atomic E-state index is 12.8. The lowest BCUT2D eigenvalue weighted by molar-refractivity contribution is -0.143. The van der Waals surface area contributed by atoms with Crippen LogP contribution in [0.2, 0.25) is 0 Å². The molecule has 34 heavy (non-hydrogen) atoms. The molecule has 1 aliphatic rings. The Morgan fingerprint density at radius 2 is 1.85 bits per heavy atom. The Morgan fingerprint density at radius 3 is 2.59 bits per heavy atom. The first-order chi connectivity index (χ1) is 16.5. The predicted molar refractivity (Wildman–Crippen MR) is 139 cm³/mol. The first-order valence-corrected chi connectivity index (χ1v) is 12.6. The van der Waals surface area contributed by atoms with Crippen LogP contribution in [-0.4, -0.2) is 47.5 Å². The molecule has 0 radical (unpaired) electrons. The van der Waals surface area contributed by atoms with Crippen LogP contribution < -0.4 is 9.47 Å². The van der Waals surface area contributed by atoms with Crippen molar-refractivity contribution < 1.29 is 23.8 Å². The van der Waals surface area contributed by atoms with Gasteiger partial charge in [0, 0.05) is 13.0 Å². The largest absolute Gasteiger partial charge is 0.490 e. The van der Waals surface area contributed by atoms with Crippen LogP contribution in [0.3, 0.4) is 0 Å². The minimum Gasteiger partial charge on any atom is -0.490 e. The summed E-state index contributed by atoms with van der Waals surface area (Å²) in [6.45, 7) is 5.46. The van der Waals surface area contributed by atoms with Gasteiger partial charge in [-0.15, -0.1) is 0 Å². The van der Waals surface area contributed by atoms with Gasteiger partial charge in [0.25, 0.3) is 5.91 Å². The monoisotopic (exact) mass is 499 g/mol. The molecular formula is C26H29NO5S2. The molecule has 1 amide bonds. The van der Waals surface area contributed by atoms with Gasteiger partial charge in [0.05, 0.1) is 31.1 Å². The fraction of sp³-hybridized carbons (Fsp3) is 0.346. The van der Waals surface area contributed by atoms with E-state index in [-0.39, 0.29) is 24.8 Å². The van der Waals surface area contributed by atoms with Crippen LogP contribution in [0.15, 0.2) is 53.4 Å². The van der Waals surface area contributed by atoms with Crippen molar-refractivity contribution in [2.24, 2.45) is 0 Å². The summed E-state index contributed by atoms with van der Waals surface area (Å²) in [5, 5.41) is 0. The first kappa shape index (κ1) is 25.8. The molecule has 8 heteroatoms. The Bertz CT molecular complexity index is 1040. The summed E-state index contributed by atoms with van der Waals surface area (Å²) in [7, 11) is 0. The van der Waals surface area contributed by atoms with Gasteiger partial charge in [-0.2, -0.15) is 0 Å². The lowest BCUT2D eigenvalue weighted by Gasteiger charge is -2.14. The normalized spacial score (nSPS) is 14.5. The van der Waals surface area contributed by atoms with Crippen molar-refractivity contribution >= 4 is 46.3 Å². The maximum Gasteiger partial charge on any atom is 0.307 e. The molecule has 0 bridgehead atoms. The van der Waals surface area contributed by atoms with E-state index in [4.69, 9.17) is 26.4 Å². The highest BCUT2D eigenvalue weighted by Crippen LogP contribution is 2.35. The number of thioether (sulfide) groups is 1. The third-order valence-corrected chi connectivity index (χ3v) is 6.31. The molecular weight excluding hydrogens is 470 g/mol. The molecule has 2 aromatic rings. The van der Waals surface area contributed by atoms with Crippen molar-refractivity contribution in [1.82, 2.24) is 4.90 Å². The zero-order valence-corrected chi connectivity index (χ0v) is 21.1. The minimum atomic E-state index is -0.330. The van der Waals surface area contributed by atoms with Gasteiger partial charge in [-0.3, -0.25) is 14.5 Å². The average Bonchev–Trinajstić information content (AvgIpc) is 3.10. The van der Waals surface area contributed by atoms with E-state index in [0.29, 0.717) is 40.5 Å². The van der Waals surface area contributed by atoms with E-state index in [1.165, 1.54) is 22.2 Å². The van der Waals surface area contributed by atoms with Crippen LogP contribution in [0, 0.1) is 0 Å². The smallest absolute Gasteiger partial charge is 0.307 e. The zero-order valence-electron chi connectivity index (χ0n) is 19.5. The number of carbonyl (C=O) groups excluding carboxylic acids is 2. The molecule has 2 aromatic carbocycles. The van der Waals surface area contributed by atoms with E-state index in [2.05, 4.69) is 12.1 Å². The number of ether oxygens (including phenoxy) is 3. The standard InChI is InChI=1S/C26H29NO5S2/c1-3-15-32-24(28)12-14-27-25(29)23(34-26(27)33)18-20-10-11-21(22(17-20)30-4-2)31-16-13-19-8-6-5-7-9-19/h5-11,17-18H,3-4,12-16H2,1-2H3/b23-18-. The predicted octanol–water partition coefficient (Wildman–Crippen LogP) is 5.25. The number of benzene rings is 2. The second kappa shape index (κ2) is 13.2. The molecule has 3 rings (SSSR count). The molecule has 0 unspecified atom stereocenters. The van der Waals surface area contributed by atoms with E-state index in [1.807, 2.05) is 50.2 Å². The van der Waals surface area contributed by atoms with Gasteiger partial charge in [-0.05, 0) is 42.7 Å². The number of carbonyl (C=O) groups is 2. The first-order valence-electron chi connectivity index (χ1n) is 11.4. The number of amides is 1. The van der Waals surface area contributed by atoms with Gasteiger partial charge in [0.1, 0.15) is 4.32 Å². The SMILES string of the molecule is CCCOC(=O)CCN1C(=O)/C(=C/c2ccc(OCCc3ccccc3)c(OCC)c2)SC1=S. The number of hydrogen-bond acceptors (Lipinski definition) is 7. The van der Waals surface area contributed by atoms with Gasteiger partial charge in [0.2, 0.25) is 0 Å². The lowest BCUT2D eigenvalue weighted by atomic mass is 10.1. The van der Waals surface area contributed by atoms with Crippen molar-refractivity contribution in [2.45, 2.75) is 33.1 Å². The van der Waals surface area contributed by atoms with E-state index >= 15 is 0 Å². The molecule has 0 saturated carbocycles. The van der Waals surface area contributed by atoms with Crippen LogP contribution in [0.1, 0.15) is 37.8 Å². The molecule has 6 nitrogen and oxygen atoms in total. The summed E-state index contributed by atoms with van der Waals surface area (Å²) in [4.78, 5) is 26.6. The topological polar surface area (TPSA) is 65.1 Å². The molecule has 1 saturated heterocycles. The molecule has 0 aromatic heterocycles.